The average Bonchev–Trinajstić information content (AvgIpc) is 3.40. The summed E-state index contributed by atoms with van der Waals surface area (Å²) in [6, 6.07) is 6.89. The van der Waals surface area contributed by atoms with Gasteiger partial charge in [-0.15, -0.1) is 0 Å². The molecule has 2 aromatic carbocycles. The summed E-state index contributed by atoms with van der Waals surface area (Å²) in [5.74, 6) is 1.53. The molecule has 3 rings (SSSR count). The van der Waals surface area contributed by atoms with Gasteiger partial charge in [-0.25, -0.2) is 8.42 Å². The van der Waals surface area contributed by atoms with Gasteiger partial charge in [0.2, 0.25) is 15.6 Å². The van der Waals surface area contributed by atoms with Crippen LogP contribution in [0.1, 0.15) is 56.4 Å². The predicted molar refractivity (Wildman–Crippen MR) is 138 cm³/mol. The first kappa shape index (κ1) is 28.3. The molecule has 10 heteroatoms. The van der Waals surface area contributed by atoms with Gasteiger partial charge in [0.05, 0.1) is 40.1 Å². The Kier molecular flexibility index (Phi) is 9.45. The van der Waals surface area contributed by atoms with E-state index in [1.165, 1.54) is 20.1 Å². The maximum atomic E-state index is 12.9. The van der Waals surface area contributed by atoms with Gasteiger partial charge >= 0.3 is 0 Å². The van der Waals surface area contributed by atoms with Crippen LogP contribution in [0.3, 0.4) is 0 Å². The third kappa shape index (κ3) is 6.37. The Morgan fingerprint density at radius 3 is 2.00 bits per heavy atom. The fourth-order valence-electron chi connectivity index (χ4n) is 4.13. The molecular weight excluding hydrogens is 500 g/mol. The topological polar surface area (TPSA) is 107 Å². The number of methoxy groups -OCH3 is 3. The van der Waals surface area contributed by atoms with Crippen LogP contribution in [0.2, 0.25) is 0 Å². The first-order valence-electron chi connectivity index (χ1n) is 11.9. The normalized spacial score (nSPS) is 17.2. The van der Waals surface area contributed by atoms with Gasteiger partial charge in [0.1, 0.15) is 11.5 Å². The second-order valence-electron chi connectivity index (χ2n) is 8.55. The Bertz CT molecular complexity index is 1210. The summed E-state index contributed by atoms with van der Waals surface area (Å²) in [6.07, 6.45) is 1.23. The van der Waals surface area contributed by atoms with Gasteiger partial charge in [0.25, 0.3) is 0 Å². The highest BCUT2D eigenvalue weighted by molar-refractivity contribution is 7.94. The minimum atomic E-state index is -3.89. The van der Waals surface area contributed by atoms with E-state index in [2.05, 4.69) is 6.58 Å². The Balaban J connectivity index is 2.02. The highest BCUT2D eigenvalue weighted by Crippen LogP contribution is 2.48. The van der Waals surface area contributed by atoms with Crippen molar-refractivity contribution in [3.8, 4) is 28.7 Å². The summed E-state index contributed by atoms with van der Waals surface area (Å²) in [5, 5.41) is 0.869. The van der Waals surface area contributed by atoms with Crippen molar-refractivity contribution in [2.45, 2.75) is 50.2 Å². The van der Waals surface area contributed by atoms with Crippen molar-refractivity contribution in [3.05, 3.63) is 47.4 Å². The molecule has 1 fully saturated rings. The molecule has 1 saturated heterocycles. The average molecular weight is 535 g/mol. The molecule has 2 aromatic rings. The van der Waals surface area contributed by atoms with E-state index in [1.54, 1.807) is 20.3 Å². The van der Waals surface area contributed by atoms with Crippen molar-refractivity contribution < 1.29 is 41.6 Å². The van der Waals surface area contributed by atoms with Crippen LogP contribution in [0.4, 0.5) is 0 Å². The molecule has 2 atom stereocenters. The van der Waals surface area contributed by atoms with Crippen LogP contribution in [-0.2, 0) is 19.4 Å². The molecule has 0 aliphatic carbocycles. The molecule has 0 unspecified atom stereocenters. The molecule has 0 aromatic heterocycles. The smallest absolute Gasteiger partial charge is 0.203 e. The van der Waals surface area contributed by atoms with Crippen LogP contribution in [0, 0.1) is 0 Å². The zero-order chi connectivity index (χ0) is 27.2. The van der Waals surface area contributed by atoms with Crippen LogP contribution < -0.4 is 23.7 Å². The minimum Gasteiger partial charge on any atom is -0.493 e. The number of carbonyl (C=O) groups is 1. The number of ketones is 1. The van der Waals surface area contributed by atoms with Gasteiger partial charge in [-0.05, 0) is 61.6 Å². The third-order valence-corrected chi connectivity index (χ3v) is 7.26. The highest BCUT2D eigenvalue weighted by atomic mass is 32.2. The number of carbonyl (C=O) groups excluding carboxylic acids is 1. The van der Waals surface area contributed by atoms with E-state index in [-0.39, 0.29) is 41.5 Å². The Morgan fingerprint density at radius 1 is 0.946 bits per heavy atom. The zero-order valence-corrected chi connectivity index (χ0v) is 22.7. The number of benzene rings is 2. The summed E-state index contributed by atoms with van der Waals surface area (Å²) >= 11 is 0. The molecule has 0 amide bonds. The molecule has 0 bridgehead atoms. The molecule has 0 saturated carbocycles. The highest BCUT2D eigenvalue weighted by Gasteiger charge is 2.32. The number of Topliss-reactive ketones (excluding diaryl/α,β-unsaturated/α-hetero) is 1. The third-order valence-electron chi connectivity index (χ3n) is 5.90. The van der Waals surface area contributed by atoms with Crippen LogP contribution >= 0.6 is 0 Å². The summed E-state index contributed by atoms with van der Waals surface area (Å²) < 4.78 is 60.0. The molecule has 9 nitrogen and oxygen atoms in total. The van der Waals surface area contributed by atoms with Crippen LogP contribution in [0.5, 0.6) is 28.7 Å². The number of rotatable bonds is 13. The first-order chi connectivity index (χ1) is 17.7. The standard InChI is InChI=1S/C27H34O9S/c1-7-11-34-27-24(35-16-17(3)28)14-19(15-25(27)37(29,30)8-2)21-10-9-20(36-21)18-12-22(31-4)26(33-6)23(13-18)32-5/h8,12-15,20-21H,2,7,9-11,16H2,1,3-6H3/t20-,21-/m0/s1. The predicted octanol–water partition coefficient (Wildman–Crippen LogP) is 4.98. The summed E-state index contributed by atoms with van der Waals surface area (Å²) in [7, 11) is 0.741. The molecule has 1 aliphatic heterocycles. The lowest BCUT2D eigenvalue weighted by Crippen LogP contribution is -2.12. The van der Waals surface area contributed by atoms with Gasteiger partial charge in [-0.2, -0.15) is 0 Å². The van der Waals surface area contributed by atoms with E-state index in [0.29, 0.717) is 42.1 Å². The second kappa shape index (κ2) is 12.3. The summed E-state index contributed by atoms with van der Waals surface area (Å²) in [4.78, 5) is 11.5. The van der Waals surface area contributed by atoms with Crippen LogP contribution in [0.15, 0.2) is 41.1 Å². The van der Waals surface area contributed by atoms with E-state index in [0.717, 1.165) is 11.0 Å². The number of sulfone groups is 1. The number of hydrogen-bond donors (Lipinski definition) is 0. The molecule has 1 aliphatic rings. The lowest BCUT2D eigenvalue weighted by Gasteiger charge is -2.21. The summed E-state index contributed by atoms with van der Waals surface area (Å²) in [6.45, 7) is 6.80. The molecular formula is C27H34O9S. The fraction of sp³-hybridized carbons (Fsp3) is 0.444. The maximum Gasteiger partial charge on any atom is 0.203 e. The lowest BCUT2D eigenvalue weighted by molar-refractivity contribution is -0.118. The van der Waals surface area contributed by atoms with E-state index in [1.807, 2.05) is 19.1 Å². The van der Waals surface area contributed by atoms with Gasteiger partial charge in [-0.3, -0.25) is 4.79 Å². The quantitative estimate of drug-likeness (QED) is 0.352. The fourth-order valence-corrected chi connectivity index (χ4v) is 5.03. The van der Waals surface area contributed by atoms with E-state index >= 15 is 0 Å². The van der Waals surface area contributed by atoms with Crippen LogP contribution in [-0.4, -0.2) is 48.7 Å². The van der Waals surface area contributed by atoms with Crippen molar-refractivity contribution in [2.75, 3.05) is 34.5 Å². The van der Waals surface area contributed by atoms with Crippen molar-refractivity contribution >= 4 is 15.6 Å². The molecule has 0 radical (unpaired) electrons. The Morgan fingerprint density at radius 2 is 1.51 bits per heavy atom. The molecule has 202 valence electrons. The monoisotopic (exact) mass is 534 g/mol. The van der Waals surface area contributed by atoms with E-state index in [4.69, 9.17) is 28.4 Å². The van der Waals surface area contributed by atoms with Gasteiger partial charge in [0.15, 0.2) is 28.8 Å². The molecule has 37 heavy (non-hydrogen) atoms. The largest absolute Gasteiger partial charge is 0.493 e. The van der Waals surface area contributed by atoms with Crippen LogP contribution in [0.25, 0.3) is 0 Å². The lowest BCUT2D eigenvalue weighted by atomic mass is 10.0. The molecule has 0 spiro atoms. The zero-order valence-electron chi connectivity index (χ0n) is 21.9. The number of hydrogen-bond acceptors (Lipinski definition) is 9. The van der Waals surface area contributed by atoms with Crippen molar-refractivity contribution in [1.29, 1.82) is 0 Å². The Labute approximate surface area is 218 Å². The van der Waals surface area contributed by atoms with Gasteiger partial charge < -0.3 is 28.4 Å². The van der Waals surface area contributed by atoms with Gasteiger partial charge in [0, 0.05) is 5.41 Å². The van der Waals surface area contributed by atoms with Crippen molar-refractivity contribution in [3.63, 3.8) is 0 Å². The van der Waals surface area contributed by atoms with E-state index < -0.39 is 15.9 Å². The summed E-state index contributed by atoms with van der Waals surface area (Å²) in [5.41, 5.74) is 1.43. The molecule has 1 heterocycles. The van der Waals surface area contributed by atoms with E-state index in [9.17, 15) is 13.2 Å². The minimum absolute atomic E-state index is 0.0610. The van der Waals surface area contributed by atoms with Crippen molar-refractivity contribution in [1.82, 2.24) is 0 Å². The second-order valence-corrected chi connectivity index (χ2v) is 10.4. The number of ether oxygens (including phenoxy) is 6. The maximum absolute atomic E-state index is 12.9. The van der Waals surface area contributed by atoms with Crippen molar-refractivity contribution in [2.24, 2.45) is 0 Å². The van der Waals surface area contributed by atoms with Gasteiger partial charge in [-0.1, -0.05) is 13.5 Å². The SMILES string of the molecule is C=CS(=O)(=O)c1cc([C@@H]2CC[C@@H](c3cc(OC)c(OC)c(OC)c3)O2)cc(OCC(C)=O)c1OCCC. The molecule has 0 N–H and O–H groups in total. The Hall–Kier alpha value is -3.24. The first-order valence-corrected chi connectivity index (χ1v) is 13.5.